The first-order valence-electron chi connectivity index (χ1n) is 10.3. The van der Waals surface area contributed by atoms with Crippen LogP contribution in [0.25, 0.3) is 17.3 Å². The number of carbonyl (C=O) groups excluding carboxylic acids is 1. The van der Waals surface area contributed by atoms with Gasteiger partial charge in [0.05, 0.1) is 23.7 Å². The van der Waals surface area contributed by atoms with E-state index in [4.69, 9.17) is 0 Å². The van der Waals surface area contributed by atoms with Crippen molar-refractivity contribution in [3.8, 4) is 11.3 Å². The number of alkyl halides is 3. The van der Waals surface area contributed by atoms with Crippen LogP contribution in [-0.2, 0) is 21.0 Å². The summed E-state index contributed by atoms with van der Waals surface area (Å²) in [6.45, 7) is 1.56. The van der Waals surface area contributed by atoms with E-state index in [1.165, 1.54) is 30.3 Å². The van der Waals surface area contributed by atoms with Gasteiger partial charge >= 0.3 is 6.18 Å². The largest absolute Gasteiger partial charge is 0.433 e. The van der Waals surface area contributed by atoms with Gasteiger partial charge in [0.25, 0.3) is 0 Å². The first-order valence-corrected chi connectivity index (χ1v) is 12.2. The van der Waals surface area contributed by atoms with Crippen molar-refractivity contribution in [2.24, 2.45) is 0 Å². The molecule has 1 aromatic heterocycles. The molecule has 0 saturated carbocycles. The Morgan fingerprint density at radius 3 is 2.39 bits per heavy atom. The lowest BCUT2D eigenvalue weighted by Gasteiger charge is -2.15. The number of benzene rings is 2. The van der Waals surface area contributed by atoms with E-state index in [1.807, 2.05) is 4.72 Å². The zero-order valence-electron chi connectivity index (χ0n) is 18.9. The van der Waals surface area contributed by atoms with Crippen molar-refractivity contribution in [1.82, 2.24) is 10.3 Å². The van der Waals surface area contributed by atoms with Crippen LogP contribution >= 0.6 is 0 Å². The molecule has 0 spiro atoms. The van der Waals surface area contributed by atoms with E-state index in [9.17, 15) is 35.2 Å². The summed E-state index contributed by atoms with van der Waals surface area (Å²) in [7, 11) is -3.68. The summed E-state index contributed by atoms with van der Waals surface area (Å²) in [6, 6.07) is 9.74. The second-order valence-corrected chi connectivity index (χ2v) is 9.57. The first kappa shape index (κ1) is 26.8. The Kier molecular flexibility index (Phi) is 7.77. The summed E-state index contributed by atoms with van der Waals surface area (Å²) in [4.78, 5) is 16.0. The molecule has 6 nitrogen and oxygen atoms in total. The summed E-state index contributed by atoms with van der Waals surface area (Å²) in [5.41, 5.74) is -1.03. The molecular weight excluding hydrogens is 505 g/mol. The summed E-state index contributed by atoms with van der Waals surface area (Å²) < 4.78 is 92.0. The lowest BCUT2D eigenvalue weighted by Crippen LogP contribution is -2.24. The molecule has 0 aliphatic heterocycles. The highest BCUT2D eigenvalue weighted by atomic mass is 32.2. The minimum Gasteiger partial charge on any atom is -0.346 e. The van der Waals surface area contributed by atoms with Gasteiger partial charge in [-0.15, -0.1) is 0 Å². The standard InChI is InChI=1S/C24H20F5N3O3S/c1-14(16-6-9-20(19(26)13-16)32-36(2,34)35)30-22(33)11-8-15-7-10-21(24(27,28)29)31-23(15)17-4-3-5-18(25)12-17/h3-14,32H,1-2H3,(H,30,33). The van der Waals surface area contributed by atoms with Crippen LogP contribution in [0.15, 0.2) is 60.7 Å². The maximum atomic E-state index is 14.2. The third-order valence-corrected chi connectivity index (χ3v) is 5.47. The fourth-order valence-electron chi connectivity index (χ4n) is 3.22. The predicted molar refractivity (Wildman–Crippen MR) is 125 cm³/mol. The molecule has 0 bridgehead atoms. The molecule has 1 unspecified atom stereocenters. The van der Waals surface area contributed by atoms with Gasteiger partial charge in [-0.05, 0) is 48.9 Å². The van der Waals surface area contributed by atoms with Crippen LogP contribution in [0.2, 0.25) is 0 Å². The number of carbonyl (C=O) groups is 1. The summed E-state index contributed by atoms with van der Waals surface area (Å²) >= 11 is 0. The van der Waals surface area contributed by atoms with E-state index < -0.39 is 45.5 Å². The average Bonchev–Trinajstić information content (AvgIpc) is 2.77. The van der Waals surface area contributed by atoms with Crippen molar-refractivity contribution in [2.75, 3.05) is 11.0 Å². The lowest BCUT2D eigenvalue weighted by molar-refractivity contribution is -0.141. The van der Waals surface area contributed by atoms with E-state index in [0.29, 0.717) is 5.56 Å². The number of rotatable bonds is 7. The molecule has 36 heavy (non-hydrogen) atoms. The van der Waals surface area contributed by atoms with Crippen LogP contribution in [0.4, 0.5) is 27.6 Å². The molecule has 12 heteroatoms. The monoisotopic (exact) mass is 525 g/mol. The Labute approximate surface area is 203 Å². The van der Waals surface area contributed by atoms with Crippen LogP contribution < -0.4 is 10.0 Å². The number of hydrogen-bond acceptors (Lipinski definition) is 4. The zero-order chi connectivity index (χ0) is 26.7. The average molecular weight is 525 g/mol. The van der Waals surface area contributed by atoms with E-state index in [1.54, 1.807) is 6.92 Å². The van der Waals surface area contributed by atoms with Gasteiger partial charge in [0.1, 0.15) is 17.3 Å². The SMILES string of the molecule is CC(NC(=O)C=Cc1ccc(C(F)(F)F)nc1-c1cccc(F)c1)c1ccc(NS(C)(=O)=O)c(F)c1. The molecule has 2 aromatic carbocycles. The number of sulfonamides is 1. The number of halogens is 5. The lowest BCUT2D eigenvalue weighted by atomic mass is 10.0. The number of hydrogen-bond donors (Lipinski definition) is 2. The smallest absolute Gasteiger partial charge is 0.346 e. The number of aromatic nitrogens is 1. The molecule has 0 radical (unpaired) electrons. The van der Waals surface area contributed by atoms with Gasteiger partial charge in [-0.1, -0.05) is 24.3 Å². The third kappa shape index (κ3) is 7.11. The fraction of sp³-hybridized carbons (Fsp3) is 0.167. The van der Waals surface area contributed by atoms with Crippen molar-refractivity contribution in [1.29, 1.82) is 0 Å². The maximum absolute atomic E-state index is 14.2. The van der Waals surface area contributed by atoms with Crippen molar-refractivity contribution in [3.05, 3.63) is 89.1 Å². The minimum absolute atomic E-state index is 0.0906. The Balaban J connectivity index is 1.82. The van der Waals surface area contributed by atoms with Crippen LogP contribution in [0.3, 0.4) is 0 Å². The van der Waals surface area contributed by atoms with Crippen molar-refractivity contribution < 1.29 is 35.2 Å². The molecule has 1 amide bonds. The summed E-state index contributed by atoms with van der Waals surface area (Å²) in [5, 5.41) is 2.57. The summed E-state index contributed by atoms with van der Waals surface area (Å²) in [5.74, 6) is -2.16. The molecule has 0 saturated heterocycles. The van der Waals surface area contributed by atoms with E-state index in [0.717, 1.165) is 42.7 Å². The molecular formula is C24H20F5N3O3S. The Morgan fingerprint density at radius 2 is 1.78 bits per heavy atom. The highest BCUT2D eigenvalue weighted by Crippen LogP contribution is 2.32. The van der Waals surface area contributed by atoms with Gasteiger partial charge in [0, 0.05) is 17.2 Å². The molecule has 1 atom stereocenters. The maximum Gasteiger partial charge on any atom is 0.433 e. The third-order valence-electron chi connectivity index (χ3n) is 4.88. The second-order valence-electron chi connectivity index (χ2n) is 7.82. The molecule has 0 aliphatic rings. The van der Waals surface area contributed by atoms with Crippen molar-refractivity contribution in [2.45, 2.75) is 19.1 Å². The zero-order valence-corrected chi connectivity index (χ0v) is 19.7. The molecule has 190 valence electrons. The number of amides is 1. The first-order chi connectivity index (χ1) is 16.7. The number of anilines is 1. The summed E-state index contributed by atoms with van der Waals surface area (Å²) in [6.07, 6.45) is -1.56. The Morgan fingerprint density at radius 1 is 1.06 bits per heavy atom. The van der Waals surface area contributed by atoms with Crippen LogP contribution in [0.1, 0.15) is 29.8 Å². The number of pyridine rings is 1. The van der Waals surface area contributed by atoms with Crippen LogP contribution in [-0.4, -0.2) is 25.6 Å². The minimum atomic E-state index is -4.72. The number of nitrogens with zero attached hydrogens (tertiary/aromatic N) is 1. The van der Waals surface area contributed by atoms with Gasteiger partial charge in [-0.2, -0.15) is 13.2 Å². The van der Waals surface area contributed by atoms with Crippen LogP contribution in [0, 0.1) is 11.6 Å². The van der Waals surface area contributed by atoms with E-state index in [-0.39, 0.29) is 22.5 Å². The topological polar surface area (TPSA) is 88.2 Å². The normalized spacial score (nSPS) is 13.0. The highest BCUT2D eigenvalue weighted by Gasteiger charge is 2.33. The molecule has 2 N–H and O–H groups in total. The quantitative estimate of drug-likeness (QED) is 0.323. The van der Waals surface area contributed by atoms with E-state index >= 15 is 0 Å². The van der Waals surface area contributed by atoms with Crippen molar-refractivity contribution >= 4 is 27.7 Å². The highest BCUT2D eigenvalue weighted by molar-refractivity contribution is 7.92. The second kappa shape index (κ2) is 10.4. The predicted octanol–water partition coefficient (Wildman–Crippen LogP) is 5.31. The molecule has 0 aliphatic carbocycles. The molecule has 0 fully saturated rings. The van der Waals surface area contributed by atoms with Crippen molar-refractivity contribution in [3.63, 3.8) is 0 Å². The van der Waals surface area contributed by atoms with Gasteiger partial charge < -0.3 is 5.32 Å². The fourth-order valence-corrected chi connectivity index (χ4v) is 3.79. The van der Waals surface area contributed by atoms with E-state index in [2.05, 4.69) is 10.3 Å². The van der Waals surface area contributed by atoms with Gasteiger partial charge in [-0.25, -0.2) is 22.2 Å². The molecule has 3 rings (SSSR count). The molecule has 3 aromatic rings. The van der Waals surface area contributed by atoms with Gasteiger partial charge in [0.15, 0.2) is 0 Å². The van der Waals surface area contributed by atoms with Gasteiger partial charge in [-0.3, -0.25) is 9.52 Å². The molecule has 1 heterocycles. The number of nitrogens with one attached hydrogen (secondary N) is 2. The Bertz CT molecular complexity index is 1420. The van der Waals surface area contributed by atoms with Gasteiger partial charge in [0.2, 0.25) is 15.9 Å². The Hall–Kier alpha value is -3.80. The van der Waals surface area contributed by atoms with Crippen LogP contribution in [0.5, 0.6) is 0 Å².